The Labute approximate surface area is 178 Å². The van der Waals surface area contributed by atoms with Crippen molar-refractivity contribution in [3.63, 3.8) is 0 Å². The molecule has 0 saturated carbocycles. The van der Waals surface area contributed by atoms with Gasteiger partial charge in [0.25, 0.3) is 0 Å². The maximum Gasteiger partial charge on any atom is 0.417 e. The fourth-order valence-corrected chi connectivity index (χ4v) is 3.73. The molecule has 1 fully saturated rings. The number of fused-ring (bicyclic) bond motifs is 1. The van der Waals surface area contributed by atoms with E-state index in [1.165, 1.54) is 6.20 Å². The van der Waals surface area contributed by atoms with Gasteiger partial charge in [-0.25, -0.2) is 0 Å². The largest absolute Gasteiger partial charge is 0.417 e. The molecule has 4 rings (SSSR count). The van der Waals surface area contributed by atoms with Gasteiger partial charge >= 0.3 is 6.18 Å². The smallest absolute Gasteiger partial charge is 0.304 e. The zero-order valence-electron chi connectivity index (χ0n) is 17.2. The number of hydrogen-bond donors (Lipinski definition) is 0. The molecule has 0 atom stereocenters. The van der Waals surface area contributed by atoms with Gasteiger partial charge < -0.3 is 4.90 Å². The summed E-state index contributed by atoms with van der Waals surface area (Å²) in [5.74, 6) is 0.106. The third-order valence-corrected chi connectivity index (χ3v) is 5.55. The highest BCUT2D eigenvalue weighted by atomic mass is 19.4. The van der Waals surface area contributed by atoms with Crippen molar-refractivity contribution in [2.75, 3.05) is 39.8 Å². The Balaban J connectivity index is 1.52. The average molecular weight is 428 g/mol. The molecule has 3 heterocycles. The second-order valence-corrected chi connectivity index (χ2v) is 7.99. The second-order valence-electron chi connectivity index (χ2n) is 7.99. The number of benzene rings is 1. The lowest BCUT2D eigenvalue weighted by atomic mass is 10.0. The molecule has 0 radical (unpaired) electrons. The van der Waals surface area contributed by atoms with Crippen LogP contribution in [0.5, 0.6) is 0 Å². The van der Waals surface area contributed by atoms with Gasteiger partial charge in [0.15, 0.2) is 5.78 Å². The van der Waals surface area contributed by atoms with Crippen LogP contribution in [0.3, 0.4) is 0 Å². The maximum atomic E-state index is 13.0. The molecular weight excluding hydrogens is 405 g/mol. The highest BCUT2D eigenvalue weighted by Gasteiger charge is 2.31. The first kappa shape index (κ1) is 21.4. The third-order valence-electron chi connectivity index (χ3n) is 5.55. The van der Waals surface area contributed by atoms with E-state index in [0.717, 1.165) is 49.2 Å². The van der Waals surface area contributed by atoms with Crippen molar-refractivity contribution >= 4 is 16.6 Å². The van der Waals surface area contributed by atoms with Crippen LogP contribution in [0.15, 0.2) is 48.9 Å². The summed E-state index contributed by atoms with van der Waals surface area (Å²) in [5.41, 5.74) is 0.897. The Morgan fingerprint density at radius 2 is 1.74 bits per heavy atom. The number of piperazine rings is 1. The Bertz CT molecular complexity index is 1090. The molecule has 1 aliphatic heterocycles. The number of nitrogens with zero attached hydrogens (tertiary/aromatic N) is 4. The van der Waals surface area contributed by atoms with Crippen molar-refractivity contribution in [1.29, 1.82) is 0 Å². The minimum atomic E-state index is -4.44. The van der Waals surface area contributed by atoms with Crippen LogP contribution >= 0.6 is 0 Å². The normalized spacial score (nSPS) is 16.0. The maximum absolute atomic E-state index is 13.0. The standard InChI is InChI=1S/C23H23F3N4O/c1-29-4-6-30(7-5-29)15-22(31)11-21-10-18-8-16(2-3-17(18)13-28-21)19-9-20(14-27-12-19)23(24,25)26/h2-3,8-10,12-14H,4-7,11,15H2,1H3. The first-order chi connectivity index (χ1) is 14.8. The van der Waals surface area contributed by atoms with Crippen molar-refractivity contribution in [1.82, 2.24) is 19.8 Å². The van der Waals surface area contributed by atoms with Crippen molar-refractivity contribution in [3.8, 4) is 11.1 Å². The Kier molecular flexibility index (Phi) is 6.02. The molecule has 1 aromatic carbocycles. The zero-order chi connectivity index (χ0) is 22.0. The van der Waals surface area contributed by atoms with E-state index in [4.69, 9.17) is 0 Å². The van der Waals surface area contributed by atoms with E-state index in [1.807, 2.05) is 18.2 Å². The summed E-state index contributed by atoms with van der Waals surface area (Å²) >= 11 is 0. The van der Waals surface area contributed by atoms with E-state index in [9.17, 15) is 18.0 Å². The molecule has 0 bridgehead atoms. The SMILES string of the molecule is CN1CCN(CC(=O)Cc2cc3cc(-c4cncc(C(F)(F)F)c4)ccc3cn2)CC1. The first-order valence-corrected chi connectivity index (χ1v) is 10.1. The van der Waals surface area contributed by atoms with Crippen LogP contribution in [0.2, 0.25) is 0 Å². The molecule has 162 valence electrons. The number of Topliss-reactive ketones (excluding diaryl/α,β-unsaturated/α-hetero) is 1. The van der Waals surface area contributed by atoms with Crippen LogP contribution in [0.4, 0.5) is 13.2 Å². The molecule has 0 unspecified atom stereocenters. The fraction of sp³-hybridized carbons (Fsp3) is 0.348. The van der Waals surface area contributed by atoms with Crippen molar-refractivity contribution in [2.24, 2.45) is 0 Å². The minimum Gasteiger partial charge on any atom is -0.304 e. The van der Waals surface area contributed by atoms with E-state index in [1.54, 1.807) is 12.3 Å². The van der Waals surface area contributed by atoms with Gasteiger partial charge in [0.2, 0.25) is 0 Å². The highest BCUT2D eigenvalue weighted by Crippen LogP contribution is 2.32. The summed E-state index contributed by atoms with van der Waals surface area (Å²) in [4.78, 5) is 25.0. The number of likely N-dealkylation sites (N-methyl/N-ethyl adjacent to an activating group) is 1. The summed E-state index contributed by atoms with van der Waals surface area (Å²) in [6, 6.07) is 8.30. The summed E-state index contributed by atoms with van der Waals surface area (Å²) in [7, 11) is 2.07. The number of pyridine rings is 2. The van der Waals surface area contributed by atoms with Gasteiger partial charge in [-0.1, -0.05) is 12.1 Å². The van der Waals surface area contributed by atoms with Crippen molar-refractivity contribution in [2.45, 2.75) is 12.6 Å². The molecule has 2 aromatic heterocycles. The molecule has 5 nitrogen and oxygen atoms in total. The predicted molar refractivity (Wildman–Crippen MR) is 113 cm³/mol. The summed E-state index contributed by atoms with van der Waals surface area (Å²) in [6.45, 7) is 4.07. The van der Waals surface area contributed by atoms with Gasteiger partial charge in [-0.2, -0.15) is 13.2 Å². The van der Waals surface area contributed by atoms with E-state index in [0.29, 0.717) is 23.4 Å². The first-order valence-electron chi connectivity index (χ1n) is 10.1. The molecule has 0 amide bonds. The summed E-state index contributed by atoms with van der Waals surface area (Å²) in [6.07, 6.45) is -0.280. The van der Waals surface area contributed by atoms with Crippen LogP contribution < -0.4 is 0 Å². The lowest BCUT2D eigenvalue weighted by Gasteiger charge is -2.31. The molecular formula is C23H23F3N4O. The van der Waals surface area contributed by atoms with E-state index in [-0.39, 0.29) is 12.2 Å². The van der Waals surface area contributed by atoms with Crippen LogP contribution in [-0.4, -0.2) is 65.3 Å². The second kappa shape index (κ2) is 8.72. The molecule has 31 heavy (non-hydrogen) atoms. The molecule has 3 aromatic rings. The molecule has 0 aliphatic carbocycles. The lowest BCUT2D eigenvalue weighted by Crippen LogP contribution is -2.46. The van der Waals surface area contributed by atoms with Crippen LogP contribution in [0.1, 0.15) is 11.3 Å². The van der Waals surface area contributed by atoms with Gasteiger partial charge in [0.1, 0.15) is 0 Å². The summed E-state index contributed by atoms with van der Waals surface area (Å²) in [5, 5.41) is 1.69. The van der Waals surface area contributed by atoms with Crippen molar-refractivity contribution < 1.29 is 18.0 Å². The third kappa shape index (κ3) is 5.26. The van der Waals surface area contributed by atoms with Gasteiger partial charge in [-0.3, -0.25) is 19.7 Å². The number of aromatic nitrogens is 2. The van der Waals surface area contributed by atoms with Gasteiger partial charge in [0.05, 0.1) is 18.5 Å². The molecule has 8 heteroatoms. The highest BCUT2D eigenvalue weighted by molar-refractivity contribution is 5.88. The van der Waals surface area contributed by atoms with E-state index < -0.39 is 11.7 Å². The predicted octanol–water partition coefficient (Wildman–Crippen LogP) is 3.67. The molecule has 1 aliphatic rings. The number of carbonyl (C=O) groups excluding carboxylic acids is 1. The minimum absolute atomic E-state index is 0.106. The monoisotopic (exact) mass is 428 g/mol. The average Bonchev–Trinajstić information content (AvgIpc) is 2.74. The Morgan fingerprint density at radius 3 is 2.48 bits per heavy atom. The fourth-order valence-electron chi connectivity index (χ4n) is 3.73. The molecule has 1 saturated heterocycles. The van der Waals surface area contributed by atoms with Gasteiger partial charge in [-0.15, -0.1) is 0 Å². The topological polar surface area (TPSA) is 49.3 Å². The van der Waals surface area contributed by atoms with Gasteiger partial charge in [0, 0.05) is 61.4 Å². The number of rotatable bonds is 5. The van der Waals surface area contributed by atoms with Crippen LogP contribution in [0, 0.1) is 0 Å². The van der Waals surface area contributed by atoms with Crippen LogP contribution in [-0.2, 0) is 17.4 Å². The van der Waals surface area contributed by atoms with Crippen molar-refractivity contribution in [3.05, 3.63) is 60.2 Å². The number of alkyl halides is 3. The quantitative estimate of drug-likeness (QED) is 0.621. The van der Waals surface area contributed by atoms with E-state index >= 15 is 0 Å². The van der Waals surface area contributed by atoms with E-state index in [2.05, 4.69) is 26.8 Å². The number of carbonyl (C=O) groups is 1. The summed E-state index contributed by atoms with van der Waals surface area (Å²) < 4.78 is 39.0. The number of hydrogen-bond acceptors (Lipinski definition) is 5. The Morgan fingerprint density at radius 1 is 0.968 bits per heavy atom. The number of halogens is 3. The molecule has 0 spiro atoms. The lowest BCUT2D eigenvalue weighted by molar-refractivity contribution is -0.137. The Hall–Kier alpha value is -2.84. The molecule has 0 N–H and O–H groups in total. The van der Waals surface area contributed by atoms with Crippen LogP contribution in [0.25, 0.3) is 21.9 Å². The number of ketones is 1. The zero-order valence-corrected chi connectivity index (χ0v) is 17.2. The van der Waals surface area contributed by atoms with Gasteiger partial charge in [-0.05, 0) is 36.2 Å².